The van der Waals surface area contributed by atoms with Crippen LogP contribution in [0.15, 0.2) is 206 Å². The summed E-state index contributed by atoms with van der Waals surface area (Å²) in [5, 5.41) is 5.21. The molecule has 0 atom stereocenters. The Balaban J connectivity index is 1.10. The van der Waals surface area contributed by atoms with Crippen molar-refractivity contribution in [1.29, 1.82) is 0 Å². The van der Waals surface area contributed by atoms with E-state index in [0.717, 1.165) is 60.2 Å². The van der Waals surface area contributed by atoms with Gasteiger partial charge in [-0.25, -0.2) is 15.0 Å². The summed E-state index contributed by atoms with van der Waals surface area (Å²) < 4.78 is 0. The SMILES string of the molecule is O[PH](c1ccccc1)(c1ccccc1)c1ccc(-c2cccc3cccc(-c4ccc(-c5nc(-c6ccccc6)nc(-c6ccccc6)n5)cc4)c23)cc1. The molecular weight excluding hydrogens is 678 g/mol. The van der Waals surface area contributed by atoms with E-state index in [1.165, 1.54) is 5.39 Å². The van der Waals surface area contributed by atoms with Crippen molar-refractivity contribution in [3.8, 4) is 56.4 Å². The second kappa shape index (κ2) is 14.4. The van der Waals surface area contributed by atoms with Gasteiger partial charge in [0.15, 0.2) is 11.6 Å². The quantitative estimate of drug-likeness (QED) is 0.159. The molecular formula is C49H36N3OP. The molecule has 1 N–H and O–H groups in total. The summed E-state index contributed by atoms with van der Waals surface area (Å²) in [5.41, 5.74) is 7.28. The Morgan fingerprint density at radius 1 is 0.296 bits per heavy atom. The molecule has 1 aromatic heterocycles. The van der Waals surface area contributed by atoms with E-state index < -0.39 is 7.49 Å². The number of hydrogen-bond acceptors (Lipinski definition) is 4. The first-order valence-corrected chi connectivity index (χ1v) is 20.0. The molecule has 0 amide bonds. The van der Waals surface area contributed by atoms with Crippen LogP contribution in [0.1, 0.15) is 0 Å². The number of aromatic nitrogens is 3. The van der Waals surface area contributed by atoms with Crippen molar-refractivity contribution >= 4 is 34.2 Å². The number of nitrogens with zero attached hydrogens (tertiary/aromatic N) is 3. The fraction of sp³-hybridized carbons (Fsp3) is 0. The number of fused-ring (bicyclic) bond motifs is 1. The molecule has 9 aromatic rings. The van der Waals surface area contributed by atoms with Gasteiger partial charge in [0.1, 0.15) is 0 Å². The van der Waals surface area contributed by atoms with Crippen molar-refractivity contribution in [2.24, 2.45) is 0 Å². The molecule has 9 rings (SSSR count). The van der Waals surface area contributed by atoms with Gasteiger partial charge in [-0.3, -0.25) is 0 Å². The summed E-state index contributed by atoms with van der Waals surface area (Å²) in [5.74, 6) is 1.91. The molecule has 8 aromatic carbocycles. The number of benzene rings is 8. The third-order valence-electron chi connectivity index (χ3n) is 10.1. The van der Waals surface area contributed by atoms with E-state index in [1.54, 1.807) is 0 Å². The van der Waals surface area contributed by atoms with Gasteiger partial charge < -0.3 is 0 Å². The van der Waals surface area contributed by atoms with Gasteiger partial charge in [-0.1, -0.05) is 60.7 Å². The Bertz CT molecular complexity index is 2590. The van der Waals surface area contributed by atoms with Gasteiger partial charge in [-0.2, -0.15) is 0 Å². The monoisotopic (exact) mass is 713 g/mol. The molecule has 258 valence electrons. The molecule has 0 radical (unpaired) electrons. The Kier molecular flexibility index (Phi) is 8.90. The first kappa shape index (κ1) is 33.3. The summed E-state index contributed by atoms with van der Waals surface area (Å²) in [6, 6.07) is 70.3. The molecule has 0 fully saturated rings. The van der Waals surface area contributed by atoms with Crippen molar-refractivity contribution in [2.45, 2.75) is 0 Å². The predicted molar refractivity (Wildman–Crippen MR) is 227 cm³/mol. The molecule has 0 unspecified atom stereocenters. The minimum atomic E-state index is -3.21. The summed E-state index contributed by atoms with van der Waals surface area (Å²) in [6.45, 7) is 0. The average molecular weight is 714 g/mol. The molecule has 0 bridgehead atoms. The fourth-order valence-electron chi connectivity index (χ4n) is 7.31. The molecule has 4 nitrogen and oxygen atoms in total. The van der Waals surface area contributed by atoms with Crippen LogP contribution in [0.2, 0.25) is 0 Å². The van der Waals surface area contributed by atoms with Crippen LogP contribution in [0.4, 0.5) is 0 Å². The molecule has 5 heteroatoms. The van der Waals surface area contributed by atoms with Crippen LogP contribution >= 0.6 is 7.49 Å². The van der Waals surface area contributed by atoms with E-state index >= 15 is 0 Å². The maximum atomic E-state index is 12.5. The van der Waals surface area contributed by atoms with Crippen LogP contribution < -0.4 is 15.9 Å². The van der Waals surface area contributed by atoms with Crippen molar-refractivity contribution in [2.75, 3.05) is 0 Å². The van der Waals surface area contributed by atoms with Crippen LogP contribution in [0, 0.1) is 0 Å². The predicted octanol–water partition coefficient (Wildman–Crippen LogP) is 10.3. The second-order valence-electron chi connectivity index (χ2n) is 13.3. The molecule has 0 saturated carbocycles. The van der Waals surface area contributed by atoms with Crippen LogP contribution in [0.5, 0.6) is 0 Å². The standard InChI is InChI=1S/C49H36N3OP/c53-54(41-21-9-3-10-22-41,42-23-11-4-12-24-42)43-33-31-36(32-34-43)45-26-14-20-37-19-13-25-44(46(37)45)35-27-29-40(30-28-35)49-51-47(38-15-5-1-6-16-38)50-48(52-49)39-17-7-2-8-18-39/h1-34,53-54H. The van der Waals surface area contributed by atoms with Crippen LogP contribution in [-0.4, -0.2) is 19.8 Å². The molecule has 54 heavy (non-hydrogen) atoms. The van der Waals surface area contributed by atoms with Gasteiger partial charge in [0.2, 0.25) is 0 Å². The van der Waals surface area contributed by atoms with Gasteiger partial charge in [0.05, 0.1) is 0 Å². The molecule has 0 saturated heterocycles. The summed E-state index contributed by atoms with van der Waals surface area (Å²) >= 11 is 0. The Morgan fingerprint density at radius 2 is 0.630 bits per heavy atom. The molecule has 0 aliphatic heterocycles. The summed E-state index contributed by atoms with van der Waals surface area (Å²) in [4.78, 5) is 27.2. The van der Waals surface area contributed by atoms with E-state index in [9.17, 15) is 4.89 Å². The minimum absolute atomic E-state index is 0.627. The first-order chi connectivity index (χ1) is 26.6. The zero-order valence-electron chi connectivity index (χ0n) is 29.4. The number of rotatable bonds is 8. The molecule has 0 aliphatic rings. The average Bonchev–Trinajstić information content (AvgIpc) is 3.27. The van der Waals surface area contributed by atoms with Crippen LogP contribution in [-0.2, 0) is 0 Å². The number of hydrogen-bond donors (Lipinski definition) is 1. The van der Waals surface area contributed by atoms with Crippen LogP contribution in [0.25, 0.3) is 67.2 Å². The summed E-state index contributed by atoms with van der Waals surface area (Å²) in [6.07, 6.45) is 0. The van der Waals surface area contributed by atoms with E-state index in [4.69, 9.17) is 15.0 Å². The third kappa shape index (κ3) is 6.28. The van der Waals surface area contributed by atoms with E-state index in [0.29, 0.717) is 17.5 Å². The summed E-state index contributed by atoms with van der Waals surface area (Å²) in [7, 11) is -3.21. The van der Waals surface area contributed by atoms with Gasteiger partial charge in [0.25, 0.3) is 0 Å². The van der Waals surface area contributed by atoms with Crippen molar-refractivity contribution in [1.82, 2.24) is 15.0 Å². The van der Waals surface area contributed by atoms with Crippen molar-refractivity contribution < 1.29 is 4.89 Å². The second-order valence-corrected chi connectivity index (χ2v) is 16.5. The van der Waals surface area contributed by atoms with Gasteiger partial charge in [0, 0.05) is 11.1 Å². The Hall–Kier alpha value is -6.58. The van der Waals surface area contributed by atoms with Crippen molar-refractivity contribution in [3.05, 3.63) is 206 Å². The topological polar surface area (TPSA) is 58.9 Å². The first-order valence-electron chi connectivity index (χ1n) is 18.1. The van der Waals surface area contributed by atoms with E-state index in [1.807, 2.05) is 121 Å². The molecule has 0 spiro atoms. The Morgan fingerprint density at radius 3 is 1.06 bits per heavy atom. The third-order valence-corrected chi connectivity index (χ3v) is 13.6. The zero-order chi connectivity index (χ0) is 36.3. The molecule has 0 aliphatic carbocycles. The van der Waals surface area contributed by atoms with E-state index in [-0.39, 0.29) is 0 Å². The van der Waals surface area contributed by atoms with Gasteiger partial charge >= 0.3 is 218 Å². The molecule has 1 heterocycles. The fourth-order valence-corrected chi connectivity index (χ4v) is 10.3. The Labute approximate surface area is 315 Å². The maximum absolute atomic E-state index is 12.5. The normalized spacial score (nSPS) is 11.7. The van der Waals surface area contributed by atoms with Crippen molar-refractivity contribution in [3.63, 3.8) is 0 Å². The van der Waals surface area contributed by atoms with Gasteiger partial charge in [-0.05, 0) is 0 Å². The zero-order valence-corrected chi connectivity index (χ0v) is 30.4. The van der Waals surface area contributed by atoms with E-state index in [2.05, 4.69) is 84.9 Å². The van der Waals surface area contributed by atoms with Gasteiger partial charge in [-0.15, -0.1) is 0 Å². The van der Waals surface area contributed by atoms with Crippen LogP contribution in [0.3, 0.4) is 0 Å².